The van der Waals surface area contributed by atoms with E-state index < -0.39 is 0 Å². The first-order valence-electron chi connectivity index (χ1n) is 8.69. The number of carbonyl (C=O) groups is 1. The van der Waals surface area contributed by atoms with Gasteiger partial charge in [-0.3, -0.25) is 4.79 Å². The minimum Gasteiger partial charge on any atom is -0.375 e. The Balaban J connectivity index is 1.77. The molecule has 0 radical (unpaired) electrons. The predicted molar refractivity (Wildman–Crippen MR) is 98.6 cm³/mol. The van der Waals surface area contributed by atoms with Gasteiger partial charge in [0, 0.05) is 30.8 Å². The Morgan fingerprint density at radius 1 is 1.35 bits per heavy atom. The molecular formula is C20H22N4O2. The topological polar surface area (TPSA) is 78.2 Å². The second-order valence-electron chi connectivity index (χ2n) is 6.40. The fourth-order valence-electron chi connectivity index (χ4n) is 3.21. The van der Waals surface area contributed by atoms with Crippen molar-refractivity contribution in [2.45, 2.75) is 19.1 Å². The smallest absolute Gasteiger partial charge is 0.251 e. The Morgan fingerprint density at radius 2 is 2.15 bits per heavy atom. The van der Waals surface area contributed by atoms with Crippen LogP contribution in [0.5, 0.6) is 0 Å². The third kappa shape index (κ3) is 4.07. The number of hydrogen-bond acceptors (Lipinski definition) is 5. The van der Waals surface area contributed by atoms with Crippen molar-refractivity contribution in [3.63, 3.8) is 0 Å². The summed E-state index contributed by atoms with van der Waals surface area (Å²) in [5, 5.41) is 12.1. The van der Waals surface area contributed by atoms with E-state index in [1.165, 1.54) is 0 Å². The second-order valence-corrected chi connectivity index (χ2v) is 6.40. The van der Waals surface area contributed by atoms with Crippen LogP contribution in [0, 0.1) is 11.3 Å². The number of benzene rings is 1. The SMILES string of the molecule is CCO[C@H]1CN(C)C[C@@H]1NC(=O)c1cccc(-c2cccc(C#N)n2)c1. The fourth-order valence-corrected chi connectivity index (χ4v) is 3.21. The van der Waals surface area contributed by atoms with E-state index in [9.17, 15) is 4.79 Å². The average Bonchev–Trinajstić information content (AvgIpc) is 3.01. The number of nitrogens with zero attached hydrogens (tertiary/aromatic N) is 3. The van der Waals surface area contributed by atoms with Crippen LogP contribution in [0.3, 0.4) is 0 Å². The molecule has 1 amide bonds. The van der Waals surface area contributed by atoms with Crippen molar-refractivity contribution in [2.24, 2.45) is 0 Å². The van der Waals surface area contributed by atoms with Gasteiger partial charge in [-0.1, -0.05) is 18.2 Å². The number of aromatic nitrogens is 1. The molecule has 6 nitrogen and oxygen atoms in total. The number of amides is 1. The molecule has 1 fully saturated rings. The predicted octanol–water partition coefficient (Wildman–Crippen LogP) is 2.07. The first-order valence-corrected chi connectivity index (χ1v) is 8.69. The molecule has 0 unspecified atom stereocenters. The van der Waals surface area contributed by atoms with Crippen LogP contribution in [0.1, 0.15) is 23.0 Å². The molecule has 0 aliphatic carbocycles. The van der Waals surface area contributed by atoms with Crippen LogP contribution in [0.4, 0.5) is 0 Å². The largest absolute Gasteiger partial charge is 0.375 e. The van der Waals surface area contributed by atoms with Gasteiger partial charge in [-0.25, -0.2) is 4.98 Å². The summed E-state index contributed by atoms with van der Waals surface area (Å²) in [7, 11) is 2.02. The highest BCUT2D eigenvalue weighted by Crippen LogP contribution is 2.19. The number of likely N-dealkylation sites (tertiary alicyclic amines) is 1. The molecule has 26 heavy (non-hydrogen) atoms. The molecule has 0 spiro atoms. The van der Waals surface area contributed by atoms with E-state index in [2.05, 4.69) is 15.2 Å². The van der Waals surface area contributed by atoms with Crippen LogP contribution in [0.15, 0.2) is 42.5 Å². The lowest BCUT2D eigenvalue weighted by Crippen LogP contribution is -2.44. The Kier molecular flexibility index (Phi) is 5.61. The molecule has 3 rings (SSSR count). The first-order chi connectivity index (χ1) is 12.6. The molecule has 1 aliphatic heterocycles. The summed E-state index contributed by atoms with van der Waals surface area (Å²) < 4.78 is 5.74. The maximum Gasteiger partial charge on any atom is 0.251 e. The van der Waals surface area contributed by atoms with Crippen molar-refractivity contribution in [1.29, 1.82) is 5.26 Å². The van der Waals surface area contributed by atoms with E-state index in [1.807, 2.05) is 38.2 Å². The number of nitrogens with one attached hydrogen (secondary N) is 1. The monoisotopic (exact) mass is 350 g/mol. The minimum absolute atomic E-state index is 0.00566. The zero-order valence-electron chi connectivity index (χ0n) is 15.0. The second kappa shape index (κ2) is 8.09. The van der Waals surface area contributed by atoms with Crippen LogP contribution in [-0.2, 0) is 4.74 Å². The molecule has 2 aromatic rings. The molecule has 1 aromatic carbocycles. The van der Waals surface area contributed by atoms with Gasteiger partial charge in [-0.15, -0.1) is 0 Å². The summed E-state index contributed by atoms with van der Waals surface area (Å²) >= 11 is 0. The van der Waals surface area contributed by atoms with E-state index in [0.717, 1.165) is 18.7 Å². The van der Waals surface area contributed by atoms with E-state index >= 15 is 0 Å². The van der Waals surface area contributed by atoms with Crippen molar-refractivity contribution in [3.05, 3.63) is 53.7 Å². The van der Waals surface area contributed by atoms with Crippen LogP contribution in [-0.4, -0.2) is 54.7 Å². The summed E-state index contributed by atoms with van der Waals surface area (Å²) in [4.78, 5) is 19.1. The summed E-state index contributed by atoms with van der Waals surface area (Å²) in [5.41, 5.74) is 2.40. The number of pyridine rings is 1. The third-order valence-electron chi connectivity index (χ3n) is 4.43. The highest BCUT2D eigenvalue weighted by Gasteiger charge is 2.32. The Hall–Kier alpha value is -2.75. The molecule has 134 valence electrons. The van der Waals surface area contributed by atoms with Gasteiger partial charge in [0.2, 0.25) is 0 Å². The molecular weight excluding hydrogens is 328 g/mol. The quantitative estimate of drug-likeness (QED) is 0.893. The van der Waals surface area contributed by atoms with Crippen molar-refractivity contribution in [2.75, 3.05) is 26.7 Å². The van der Waals surface area contributed by atoms with Crippen LogP contribution in [0.25, 0.3) is 11.3 Å². The number of rotatable bonds is 5. The molecule has 1 saturated heterocycles. The van der Waals surface area contributed by atoms with Gasteiger partial charge < -0.3 is 15.0 Å². The zero-order valence-corrected chi connectivity index (χ0v) is 15.0. The number of carbonyl (C=O) groups excluding carboxylic acids is 1. The van der Waals surface area contributed by atoms with Crippen LogP contribution < -0.4 is 5.32 Å². The van der Waals surface area contributed by atoms with Gasteiger partial charge in [0.05, 0.1) is 17.8 Å². The molecule has 2 heterocycles. The molecule has 0 saturated carbocycles. The van der Waals surface area contributed by atoms with E-state index in [1.54, 1.807) is 24.3 Å². The van der Waals surface area contributed by atoms with Crippen LogP contribution >= 0.6 is 0 Å². The standard InChI is InChI=1S/C20H22N4O2/c1-3-26-19-13-24(2)12-18(19)23-20(25)15-7-4-6-14(10-15)17-9-5-8-16(11-21)22-17/h4-10,18-19H,3,12-13H2,1-2H3,(H,23,25)/t18-,19-/m0/s1. The van der Waals surface area contributed by atoms with Crippen molar-refractivity contribution >= 4 is 5.91 Å². The Labute approximate surface area is 153 Å². The molecule has 1 aromatic heterocycles. The number of hydrogen-bond donors (Lipinski definition) is 1. The van der Waals surface area contributed by atoms with Crippen molar-refractivity contribution in [3.8, 4) is 17.3 Å². The summed E-state index contributed by atoms with van der Waals surface area (Å²) in [6.07, 6.45) is 0.00566. The number of likely N-dealkylation sites (N-methyl/N-ethyl adjacent to an activating group) is 1. The highest BCUT2D eigenvalue weighted by molar-refractivity contribution is 5.95. The average molecular weight is 350 g/mol. The molecule has 1 aliphatic rings. The maximum absolute atomic E-state index is 12.7. The van der Waals surface area contributed by atoms with Gasteiger partial charge in [0.25, 0.3) is 5.91 Å². The molecule has 6 heteroatoms. The Morgan fingerprint density at radius 3 is 2.92 bits per heavy atom. The maximum atomic E-state index is 12.7. The number of ether oxygens (including phenoxy) is 1. The molecule has 0 bridgehead atoms. The minimum atomic E-state index is -0.131. The summed E-state index contributed by atoms with van der Waals surface area (Å²) in [6.45, 7) is 4.16. The van der Waals surface area contributed by atoms with Crippen LogP contribution in [0.2, 0.25) is 0 Å². The molecule has 2 atom stereocenters. The van der Waals surface area contributed by atoms with Gasteiger partial charge >= 0.3 is 0 Å². The lowest BCUT2D eigenvalue weighted by molar-refractivity contribution is 0.0513. The highest BCUT2D eigenvalue weighted by atomic mass is 16.5. The van der Waals surface area contributed by atoms with Gasteiger partial charge in [-0.2, -0.15) is 5.26 Å². The summed E-state index contributed by atoms with van der Waals surface area (Å²) in [6, 6.07) is 14.6. The fraction of sp³-hybridized carbons (Fsp3) is 0.350. The zero-order chi connectivity index (χ0) is 18.5. The molecule has 1 N–H and O–H groups in total. The van der Waals surface area contributed by atoms with E-state index in [0.29, 0.717) is 23.6 Å². The van der Waals surface area contributed by atoms with Gasteiger partial charge in [0.1, 0.15) is 11.8 Å². The normalized spacial score (nSPS) is 19.9. The first kappa shape index (κ1) is 18.1. The summed E-state index contributed by atoms with van der Waals surface area (Å²) in [5.74, 6) is -0.131. The van der Waals surface area contributed by atoms with Gasteiger partial charge in [-0.05, 0) is 38.2 Å². The van der Waals surface area contributed by atoms with E-state index in [-0.39, 0.29) is 18.1 Å². The Bertz CT molecular complexity index is 831. The van der Waals surface area contributed by atoms with Gasteiger partial charge in [0.15, 0.2) is 0 Å². The lowest BCUT2D eigenvalue weighted by Gasteiger charge is -2.20. The third-order valence-corrected chi connectivity index (χ3v) is 4.43. The number of nitriles is 1. The van der Waals surface area contributed by atoms with Crippen molar-refractivity contribution in [1.82, 2.24) is 15.2 Å². The van der Waals surface area contributed by atoms with Crippen molar-refractivity contribution < 1.29 is 9.53 Å². The van der Waals surface area contributed by atoms with E-state index in [4.69, 9.17) is 10.00 Å². The lowest BCUT2D eigenvalue weighted by atomic mass is 10.1.